The van der Waals surface area contributed by atoms with Crippen LogP contribution in [0.15, 0.2) is 42.5 Å². The van der Waals surface area contributed by atoms with Crippen LogP contribution in [-0.4, -0.2) is 19.3 Å². The summed E-state index contributed by atoms with van der Waals surface area (Å²) < 4.78 is 65.6. The van der Waals surface area contributed by atoms with Gasteiger partial charge in [0.2, 0.25) is 11.6 Å². The molecule has 1 N–H and O–H groups in total. The Kier molecular flexibility index (Phi) is 5.77. The smallest absolute Gasteiger partial charge is 0.204 e. The van der Waals surface area contributed by atoms with Crippen molar-refractivity contribution in [2.24, 2.45) is 0 Å². The van der Waals surface area contributed by atoms with Crippen molar-refractivity contribution in [3.05, 3.63) is 76.9 Å². The maximum Gasteiger partial charge on any atom is 0.204 e. The molecule has 0 atom stereocenters. The second-order valence-electron chi connectivity index (χ2n) is 6.08. The Morgan fingerprint density at radius 2 is 1.17 bits per heavy atom. The average Bonchev–Trinajstić information content (AvgIpc) is 2.75. The lowest BCUT2D eigenvalue weighted by Crippen LogP contribution is -1.99. The fourth-order valence-corrected chi connectivity index (χ4v) is 2.75. The van der Waals surface area contributed by atoms with E-state index in [0.29, 0.717) is 17.1 Å². The highest BCUT2D eigenvalue weighted by Gasteiger charge is 2.25. The lowest BCUT2D eigenvalue weighted by molar-refractivity contribution is 0.358. The lowest BCUT2D eigenvalue weighted by Gasteiger charge is -2.09. The maximum absolute atomic E-state index is 14.0. The monoisotopic (exact) mass is 404 g/mol. The van der Waals surface area contributed by atoms with Gasteiger partial charge < -0.3 is 14.6 Å². The van der Waals surface area contributed by atoms with Crippen LogP contribution in [0.25, 0.3) is 23.3 Å². The van der Waals surface area contributed by atoms with Crippen molar-refractivity contribution in [3.63, 3.8) is 0 Å². The van der Waals surface area contributed by atoms with Gasteiger partial charge in [-0.25, -0.2) is 8.78 Å². The molecule has 0 saturated heterocycles. The number of hydrogen-bond acceptors (Lipinski definition) is 3. The van der Waals surface area contributed by atoms with Crippen molar-refractivity contribution in [2.45, 2.75) is 0 Å². The van der Waals surface area contributed by atoms with E-state index in [9.17, 15) is 17.6 Å². The molecular formula is C22H16F4O3. The van der Waals surface area contributed by atoms with Gasteiger partial charge in [0.1, 0.15) is 11.5 Å². The van der Waals surface area contributed by atoms with Crippen LogP contribution in [0, 0.1) is 23.3 Å². The molecule has 7 heteroatoms. The van der Waals surface area contributed by atoms with Crippen LogP contribution in [-0.2, 0) is 0 Å². The number of halogens is 4. The van der Waals surface area contributed by atoms with E-state index in [4.69, 9.17) is 14.6 Å². The zero-order chi connectivity index (χ0) is 21.1. The van der Waals surface area contributed by atoms with Crippen LogP contribution in [0.1, 0.15) is 11.1 Å². The molecule has 29 heavy (non-hydrogen) atoms. The van der Waals surface area contributed by atoms with Gasteiger partial charge in [-0.3, -0.25) is 0 Å². The molecule has 0 saturated carbocycles. The number of benzene rings is 3. The molecule has 0 fully saturated rings. The van der Waals surface area contributed by atoms with Crippen molar-refractivity contribution < 1.29 is 32.1 Å². The number of phenolic OH excluding ortho intramolecular Hbond substituents is 1. The fourth-order valence-electron chi connectivity index (χ4n) is 2.75. The van der Waals surface area contributed by atoms with E-state index in [1.807, 2.05) is 0 Å². The first-order valence-corrected chi connectivity index (χ1v) is 8.42. The summed E-state index contributed by atoms with van der Waals surface area (Å²) in [6.45, 7) is 0. The predicted octanol–water partition coefficient (Wildman–Crippen LogP) is 5.80. The summed E-state index contributed by atoms with van der Waals surface area (Å²) in [7, 11) is 3.07. The molecule has 3 aromatic carbocycles. The van der Waals surface area contributed by atoms with Crippen molar-refractivity contribution >= 4 is 12.2 Å². The fraction of sp³-hybridized carbons (Fsp3) is 0.0909. The van der Waals surface area contributed by atoms with Crippen LogP contribution < -0.4 is 9.47 Å². The van der Waals surface area contributed by atoms with Crippen LogP contribution >= 0.6 is 0 Å². The van der Waals surface area contributed by atoms with Crippen molar-refractivity contribution in [2.75, 3.05) is 14.2 Å². The Hall–Kier alpha value is -3.48. The van der Waals surface area contributed by atoms with Gasteiger partial charge in [0.25, 0.3) is 0 Å². The Balaban J connectivity index is 1.92. The minimum absolute atomic E-state index is 0.0713. The van der Waals surface area contributed by atoms with Gasteiger partial charge in [-0.15, -0.1) is 0 Å². The third-order valence-electron chi connectivity index (χ3n) is 4.28. The van der Waals surface area contributed by atoms with Crippen LogP contribution in [0.2, 0.25) is 0 Å². The third kappa shape index (κ3) is 4.03. The van der Waals surface area contributed by atoms with E-state index >= 15 is 0 Å². The number of phenols is 1. The number of aromatic hydroxyl groups is 1. The normalized spacial score (nSPS) is 11.1. The van der Waals surface area contributed by atoms with E-state index in [2.05, 4.69) is 0 Å². The molecule has 3 aromatic rings. The van der Waals surface area contributed by atoms with Crippen LogP contribution in [0.4, 0.5) is 17.6 Å². The molecule has 0 aliphatic heterocycles. The highest BCUT2D eigenvalue weighted by atomic mass is 19.2. The molecule has 0 bridgehead atoms. The van der Waals surface area contributed by atoms with Gasteiger partial charge in [0.05, 0.1) is 19.8 Å². The quantitative estimate of drug-likeness (QED) is 0.332. The Morgan fingerprint density at radius 3 is 1.66 bits per heavy atom. The summed E-state index contributed by atoms with van der Waals surface area (Å²) >= 11 is 0. The zero-order valence-corrected chi connectivity index (χ0v) is 15.5. The molecule has 3 rings (SSSR count). The topological polar surface area (TPSA) is 38.7 Å². The number of ether oxygens (including phenoxy) is 2. The summed E-state index contributed by atoms with van der Waals surface area (Å²) in [5, 5.41) is 9.08. The van der Waals surface area contributed by atoms with E-state index in [0.717, 1.165) is 5.56 Å². The molecule has 0 spiro atoms. The lowest BCUT2D eigenvalue weighted by atomic mass is 10.0. The second kappa shape index (κ2) is 8.26. The standard InChI is InChI=1S/C22H16F4O3/c1-28-15-9-13(10-16(11-15)29-2)4-3-12-5-7-14(8-6-12)17-18(23)20(25)22(27)21(26)19(17)24/h3-11,27H,1-2H3/b4-3+. The first-order chi connectivity index (χ1) is 13.8. The first kappa shape index (κ1) is 20.3. The Labute approximate surface area is 164 Å². The van der Waals surface area contributed by atoms with Crippen LogP contribution in [0.5, 0.6) is 17.2 Å². The number of hydrogen-bond donors (Lipinski definition) is 1. The Bertz CT molecular complexity index is 1030. The van der Waals surface area contributed by atoms with E-state index in [-0.39, 0.29) is 5.56 Å². The first-order valence-electron chi connectivity index (χ1n) is 8.42. The minimum atomic E-state index is -1.84. The summed E-state index contributed by atoms with van der Waals surface area (Å²) in [5.41, 5.74) is 0.518. The maximum atomic E-state index is 14.0. The molecule has 0 heterocycles. The van der Waals surface area contributed by atoms with Crippen molar-refractivity contribution in [1.29, 1.82) is 0 Å². The largest absolute Gasteiger partial charge is 0.503 e. The molecule has 0 aromatic heterocycles. The number of methoxy groups -OCH3 is 2. The van der Waals surface area contributed by atoms with Gasteiger partial charge in [0.15, 0.2) is 17.4 Å². The molecule has 3 nitrogen and oxygen atoms in total. The van der Waals surface area contributed by atoms with Crippen LogP contribution in [0.3, 0.4) is 0 Å². The van der Waals surface area contributed by atoms with Gasteiger partial charge in [-0.05, 0) is 28.8 Å². The summed E-state index contributed by atoms with van der Waals surface area (Å²) in [4.78, 5) is 0. The predicted molar refractivity (Wildman–Crippen MR) is 102 cm³/mol. The van der Waals surface area contributed by atoms with E-state index in [1.54, 1.807) is 30.4 Å². The zero-order valence-electron chi connectivity index (χ0n) is 15.5. The minimum Gasteiger partial charge on any atom is -0.503 e. The highest BCUT2D eigenvalue weighted by Crippen LogP contribution is 2.35. The average molecular weight is 404 g/mol. The number of rotatable bonds is 5. The van der Waals surface area contributed by atoms with Crippen molar-refractivity contribution in [3.8, 4) is 28.4 Å². The molecule has 0 amide bonds. The molecule has 0 aliphatic rings. The highest BCUT2D eigenvalue weighted by molar-refractivity contribution is 5.73. The van der Waals surface area contributed by atoms with E-state index < -0.39 is 34.6 Å². The van der Waals surface area contributed by atoms with Gasteiger partial charge >= 0.3 is 0 Å². The third-order valence-corrected chi connectivity index (χ3v) is 4.28. The molecule has 0 radical (unpaired) electrons. The van der Waals surface area contributed by atoms with Crippen molar-refractivity contribution in [1.82, 2.24) is 0 Å². The Morgan fingerprint density at radius 1 is 0.690 bits per heavy atom. The molecule has 0 unspecified atom stereocenters. The SMILES string of the molecule is COc1cc(/C=C/c2ccc(-c3c(F)c(F)c(O)c(F)c3F)cc2)cc(OC)c1. The van der Waals surface area contributed by atoms with Gasteiger partial charge in [-0.1, -0.05) is 36.4 Å². The summed E-state index contributed by atoms with van der Waals surface area (Å²) in [5.74, 6) is -7.45. The van der Waals surface area contributed by atoms with Gasteiger partial charge in [0, 0.05) is 6.07 Å². The summed E-state index contributed by atoms with van der Waals surface area (Å²) in [6.07, 6.45) is 3.52. The van der Waals surface area contributed by atoms with Gasteiger partial charge in [-0.2, -0.15) is 8.78 Å². The molecule has 0 aliphatic carbocycles. The second-order valence-corrected chi connectivity index (χ2v) is 6.08. The molecule has 150 valence electrons. The molecular weight excluding hydrogens is 388 g/mol. The van der Waals surface area contributed by atoms with E-state index in [1.165, 1.54) is 38.5 Å². The summed E-state index contributed by atoms with van der Waals surface area (Å²) in [6, 6.07) is 11.0.